The zero-order valence-corrected chi connectivity index (χ0v) is 9.09. The fraction of sp³-hybridized carbons (Fsp3) is 0.400. The molecule has 0 radical (unpaired) electrons. The van der Waals surface area contributed by atoms with E-state index in [4.69, 9.17) is 10.5 Å². The summed E-state index contributed by atoms with van der Waals surface area (Å²) in [7, 11) is -3.06. The first-order valence-corrected chi connectivity index (χ1v) is 6.48. The van der Waals surface area contributed by atoms with Crippen molar-refractivity contribution in [1.82, 2.24) is 0 Å². The number of ether oxygens (including phenoxy) is 1. The maximum atomic E-state index is 11.6. The van der Waals surface area contributed by atoms with Crippen LogP contribution < -0.4 is 10.5 Å². The minimum atomic E-state index is -3.06. The summed E-state index contributed by atoms with van der Waals surface area (Å²) in [6.07, 6.45) is 0.540. The van der Waals surface area contributed by atoms with Crippen molar-refractivity contribution in [2.24, 2.45) is 5.73 Å². The standard InChI is InChI=1S/C10H13NO3S/c11-5-6-14-9-2-1-3-10-8(9)4-7-15(10,12)13/h1-3H,4-7,11H2. The first kappa shape index (κ1) is 10.4. The van der Waals surface area contributed by atoms with Gasteiger partial charge in [-0.15, -0.1) is 0 Å². The number of nitrogens with two attached hydrogens (primary N) is 1. The van der Waals surface area contributed by atoms with Crippen molar-refractivity contribution in [1.29, 1.82) is 0 Å². The predicted octanol–water partition coefficient (Wildman–Crippen LogP) is 0.354. The molecule has 2 rings (SSSR count). The summed E-state index contributed by atoms with van der Waals surface area (Å²) in [6.45, 7) is 0.840. The summed E-state index contributed by atoms with van der Waals surface area (Å²) in [5, 5.41) is 0. The second-order valence-corrected chi connectivity index (χ2v) is 5.52. The second kappa shape index (κ2) is 3.83. The van der Waals surface area contributed by atoms with Crippen LogP contribution in [0.25, 0.3) is 0 Å². The summed E-state index contributed by atoms with van der Waals surface area (Å²) in [4.78, 5) is 0.414. The van der Waals surface area contributed by atoms with Crippen molar-refractivity contribution >= 4 is 9.84 Å². The Bertz CT molecular complexity index is 468. The van der Waals surface area contributed by atoms with Gasteiger partial charge in [-0.3, -0.25) is 0 Å². The summed E-state index contributed by atoms with van der Waals surface area (Å²) in [5.41, 5.74) is 6.13. The predicted molar refractivity (Wildman–Crippen MR) is 56.7 cm³/mol. The molecular weight excluding hydrogens is 214 g/mol. The van der Waals surface area contributed by atoms with Gasteiger partial charge in [0.25, 0.3) is 0 Å². The van der Waals surface area contributed by atoms with Crippen molar-refractivity contribution in [3.63, 3.8) is 0 Å². The quantitative estimate of drug-likeness (QED) is 0.809. The molecule has 0 fully saturated rings. The third kappa shape index (κ3) is 1.85. The van der Waals surface area contributed by atoms with Gasteiger partial charge in [0.2, 0.25) is 0 Å². The van der Waals surface area contributed by atoms with Crippen LogP contribution in [-0.2, 0) is 16.3 Å². The third-order valence-corrected chi connectivity index (χ3v) is 4.22. The smallest absolute Gasteiger partial charge is 0.179 e. The van der Waals surface area contributed by atoms with Crippen LogP contribution in [0.2, 0.25) is 0 Å². The average molecular weight is 227 g/mol. The molecule has 0 saturated heterocycles. The number of rotatable bonds is 3. The fourth-order valence-electron chi connectivity index (χ4n) is 1.73. The molecule has 4 nitrogen and oxygen atoms in total. The van der Waals surface area contributed by atoms with E-state index in [9.17, 15) is 8.42 Å². The maximum absolute atomic E-state index is 11.6. The molecule has 82 valence electrons. The summed E-state index contributed by atoms with van der Waals surface area (Å²) < 4.78 is 28.6. The van der Waals surface area contributed by atoms with E-state index < -0.39 is 9.84 Å². The Hall–Kier alpha value is -1.07. The van der Waals surface area contributed by atoms with Crippen molar-refractivity contribution in [2.45, 2.75) is 11.3 Å². The first-order chi connectivity index (χ1) is 7.15. The highest BCUT2D eigenvalue weighted by Crippen LogP contribution is 2.32. The lowest BCUT2D eigenvalue weighted by molar-refractivity contribution is 0.324. The molecule has 0 saturated carbocycles. The number of benzene rings is 1. The zero-order chi connectivity index (χ0) is 10.9. The van der Waals surface area contributed by atoms with Gasteiger partial charge in [-0.05, 0) is 18.6 Å². The van der Waals surface area contributed by atoms with Gasteiger partial charge in [0.15, 0.2) is 9.84 Å². The monoisotopic (exact) mass is 227 g/mol. The molecule has 0 aromatic heterocycles. The van der Waals surface area contributed by atoms with Crippen LogP contribution in [0, 0.1) is 0 Å². The molecule has 1 aromatic rings. The molecule has 2 N–H and O–H groups in total. The van der Waals surface area contributed by atoms with Gasteiger partial charge in [0.1, 0.15) is 12.4 Å². The highest BCUT2D eigenvalue weighted by Gasteiger charge is 2.28. The molecular formula is C10H13NO3S. The van der Waals surface area contributed by atoms with Crippen molar-refractivity contribution in [3.8, 4) is 5.75 Å². The van der Waals surface area contributed by atoms with Gasteiger partial charge in [-0.1, -0.05) is 6.07 Å². The Morgan fingerprint density at radius 2 is 2.20 bits per heavy atom. The number of hydrogen-bond donors (Lipinski definition) is 1. The van der Waals surface area contributed by atoms with E-state index in [1.54, 1.807) is 18.2 Å². The molecule has 1 aromatic carbocycles. The Balaban J connectivity index is 2.41. The largest absolute Gasteiger partial charge is 0.492 e. The van der Waals surface area contributed by atoms with Crippen LogP contribution in [0.4, 0.5) is 0 Å². The fourth-order valence-corrected chi connectivity index (χ4v) is 3.29. The minimum absolute atomic E-state index is 0.186. The van der Waals surface area contributed by atoms with Crippen molar-refractivity contribution in [3.05, 3.63) is 23.8 Å². The highest BCUT2D eigenvalue weighted by molar-refractivity contribution is 7.91. The Morgan fingerprint density at radius 1 is 1.40 bits per heavy atom. The SMILES string of the molecule is NCCOc1cccc2c1CCS2(=O)=O. The lowest BCUT2D eigenvalue weighted by atomic mass is 10.1. The van der Waals surface area contributed by atoms with E-state index in [-0.39, 0.29) is 5.75 Å². The van der Waals surface area contributed by atoms with E-state index in [1.807, 2.05) is 0 Å². The van der Waals surface area contributed by atoms with Gasteiger partial charge in [-0.25, -0.2) is 8.42 Å². The molecule has 0 amide bonds. The van der Waals surface area contributed by atoms with E-state index in [0.29, 0.717) is 30.2 Å². The number of hydrogen-bond acceptors (Lipinski definition) is 4. The van der Waals surface area contributed by atoms with E-state index in [0.717, 1.165) is 5.56 Å². The van der Waals surface area contributed by atoms with E-state index in [2.05, 4.69) is 0 Å². The van der Waals surface area contributed by atoms with Crippen LogP contribution >= 0.6 is 0 Å². The van der Waals surface area contributed by atoms with Gasteiger partial charge in [-0.2, -0.15) is 0 Å². The maximum Gasteiger partial charge on any atom is 0.179 e. The Morgan fingerprint density at radius 3 is 2.93 bits per heavy atom. The summed E-state index contributed by atoms with van der Waals surface area (Å²) >= 11 is 0. The van der Waals surface area contributed by atoms with E-state index in [1.165, 1.54) is 0 Å². The molecule has 0 aliphatic carbocycles. The van der Waals surface area contributed by atoms with Crippen molar-refractivity contribution < 1.29 is 13.2 Å². The van der Waals surface area contributed by atoms with Crippen LogP contribution in [0.3, 0.4) is 0 Å². The molecule has 0 atom stereocenters. The second-order valence-electron chi connectivity index (χ2n) is 3.44. The Labute approximate surface area is 89.0 Å². The third-order valence-electron chi connectivity index (χ3n) is 2.42. The highest BCUT2D eigenvalue weighted by atomic mass is 32.2. The summed E-state index contributed by atoms with van der Waals surface area (Å²) in [5.74, 6) is 0.838. The van der Waals surface area contributed by atoms with Crippen LogP contribution in [0.15, 0.2) is 23.1 Å². The van der Waals surface area contributed by atoms with Gasteiger partial charge in [0.05, 0.1) is 10.6 Å². The first-order valence-electron chi connectivity index (χ1n) is 4.82. The molecule has 0 unspecified atom stereocenters. The number of fused-ring (bicyclic) bond motifs is 1. The van der Waals surface area contributed by atoms with Crippen molar-refractivity contribution in [2.75, 3.05) is 18.9 Å². The lowest BCUT2D eigenvalue weighted by Gasteiger charge is -2.08. The molecule has 5 heteroatoms. The van der Waals surface area contributed by atoms with Gasteiger partial charge in [0, 0.05) is 12.1 Å². The topological polar surface area (TPSA) is 69.4 Å². The molecule has 1 heterocycles. The average Bonchev–Trinajstić information content (AvgIpc) is 2.53. The molecule has 1 aliphatic heterocycles. The Kier molecular flexibility index (Phi) is 2.67. The normalized spacial score (nSPS) is 17.4. The van der Waals surface area contributed by atoms with E-state index >= 15 is 0 Å². The van der Waals surface area contributed by atoms with Gasteiger partial charge >= 0.3 is 0 Å². The lowest BCUT2D eigenvalue weighted by Crippen LogP contribution is -2.11. The number of sulfone groups is 1. The molecule has 0 spiro atoms. The van der Waals surface area contributed by atoms with Crippen LogP contribution in [0.5, 0.6) is 5.75 Å². The van der Waals surface area contributed by atoms with Crippen LogP contribution in [0.1, 0.15) is 5.56 Å². The zero-order valence-electron chi connectivity index (χ0n) is 8.27. The summed E-state index contributed by atoms with van der Waals surface area (Å²) in [6, 6.07) is 5.12. The molecule has 1 aliphatic rings. The molecule has 0 bridgehead atoms. The van der Waals surface area contributed by atoms with Crippen LogP contribution in [-0.4, -0.2) is 27.3 Å². The molecule has 15 heavy (non-hydrogen) atoms. The van der Waals surface area contributed by atoms with Gasteiger partial charge < -0.3 is 10.5 Å². The minimum Gasteiger partial charge on any atom is -0.492 e.